The van der Waals surface area contributed by atoms with Crippen molar-refractivity contribution in [3.63, 3.8) is 0 Å². The molecule has 0 saturated carbocycles. The van der Waals surface area contributed by atoms with Gasteiger partial charge in [0.1, 0.15) is 5.52 Å². The average Bonchev–Trinajstić information content (AvgIpc) is 3.17. The highest BCUT2D eigenvalue weighted by Crippen LogP contribution is 2.30. The van der Waals surface area contributed by atoms with Crippen LogP contribution < -0.4 is 10.1 Å². The van der Waals surface area contributed by atoms with Gasteiger partial charge in [-0.3, -0.25) is 4.79 Å². The Morgan fingerprint density at radius 1 is 1.36 bits per heavy atom. The molecule has 4 rings (SSSR count). The van der Waals surface area contributed by atoms with Crippen LogP contribution in [0.4, 0.5) is 0 Å². The maximum absolute atomic E-state index is 12.7. The predicted molar refractivity (Wildman–Crippen MR) is 97.1 cm³/mol. The third-order valence-corrected chi connectivity index (χ3v) is 6.55. The predicted octanol–water partition coefficient (Wildman–Crippen LogP) is 3.90. The first-order valence-corrected chi connectivity index (χ1v) is 9.21. The van der Waals surface area contributed by atoms with E-state index < -0.39 is 0 Å². The van der Waals surface area contributed by atoms with Crippen molar-refractivity contribution in [2.45, 2.75) is 13.8 Å². The number of thiazole rings is 1. The second-order valence-corrected chi connectivity index (χ2v) is 7.94. The lowest BCUT2D eigenvalue weighted by molar-refractivity contribution is 1.18. The SMILES string of the molecule is Cc1cc2c(nc3s/c(=C/c4cccs4)c(=O)n32)c(Br)c1C. The van der Waals surface area contributed by atoms with Crippen molar-refractivity contribution in [1.29, 1.82) is 0 Å². The van der Waals surface area contributed by atoms with Gasteiger partial charge in [0.15, 0.2) is 4.96 Å². The number of aryl methyl sites for hydroxylation is 1. The molecule has 0 atom stereocenters. The zero-order valence-corrected chi connectivity index (χ0v) is 15.1. The molecule has 0 fully saturated rings. The van der Waals surface area contributed by atoms with Crippen LogP contribution in [-0.2, 0) is 0 Å². The monoisotopic (exact) mass is 390 g/mol. The molecule has 0 radical (unpaired) electrons. The summed E-state index contributed by atoms with van der Waals surface area (Å²) in [5, 5.41) is 2.01. The van der Waals surface area contributed by atoms with Crippen molar-refractivity contribution in [3.8, 4) is 0 Å². The highest BCUT2D eigenvalue weighted by atomic mass is 79.9. The Morgan fingerprint density at radius 2 is 2.18 bits per heavy atom. The number of benzene rings is 1. The Labute approximate surface area is 142 Å². The van der Waals surface area contributed by atoms with Crippen molar-refractivity contribution in [3.05, 3.63) is 58.9 Å². The van der Waals surface area contributed by atoms with Crippen molar-refractivity contribution in [2.24, 2.45) is 0 Å². The minimum absolute atomic E-state index is 0.00560. The van der Waals surface area contributed by atoms with Crippen LogP contribution in [0.3, 0.4) is 0 Å². The summed E-state index contributed by atoms with van der Waals surface area (Å²) in [6.45, 7) is 4.11. The fraction of sp³-hybridized carbons (Fsp3) is 0.125. The minimum atomic E-state index is 0.00560. The molecule has 3 heterocycles. The van der Waals surface area contributed by atoms with E-state index in [1.807, 2.05) is 29.7 Å². The fourth-order valence-electron chi connectivity index (χ4n) is 2.48. The van der Waals surface area contributed by atoms with Gasteiger partial charge in [-0.15, -0.1) is 11.3 Å². The third kappa shape index (κ3) is 1.98. The van der Waals surface area contributed by atoms with E-state index in [2.05, 4.69) is 34.8 Å². The van der Waals surface area contributed by atoms with Crippen LogP contribution in [0.5, 0.6) is 0 Å². The molecule has 0 N–H and O–H groups in total. The zero-order valence-electron chi connectivity index (χ0n) is 11.9. The van der Waals surface area contributed by atoms with Crippen LogP contribution in [0.25, 0.3) is 22.1 Å². The highest BCUT2D eigenvalue weighted by molar-refractivity contribution is 9.10. The first-order chi connectivity index (χ1) is 10.6. The Kier molecular flexibility index (Phi) is 3.21. The van der Waals surface area contributed by atoms with Gasteiger partial charge >= 0.3 is 0 Å². The maximum atomic E-state index is 12.7. The summed E-state index contributed by atoms with van der Waals surface area (Å²) in [6, 6.07) is 6.03. The summed E-state index contributed by atoms with van der Waals surface area (Å²) < 4.78 is 3.42. The van der Waals surface area contributed by atoms with Crippen LogP contribution in [0.15, 0.2) is 32.8 Å². The zero-order chi connectivity index (χ0) is 15.4. The van der Waals surface area contributed by atoms with E-state index in [1.54, 1.807) is 15.7 Å². The Morgan fingerprint density at radius 3 is 2.91 bits per heavy atom. The summed E-state index contributed by atoms with van der Waals surface area (Å²) in [7, 11) is 0. The van der Waals surface area contributed by atoms with E-state index in [0.29, 0.717) is 0 Å². The molecule has 0 spiro atoms. The molecule has 3 aromatic heterocycles. The molecule has 22 heavy (non-hydrogen) atoms. The topological polar surface area (TPSA) is 34.4 Å². The molecule has 0 amide bonds. The second-order valence-electron chi connectivity index (χ2n) is 5.16. The third-order valence-electron chi connectivity index (χ3n) is 3.80. The molecule has 4 aromatic rings. The standard InChI is InChI=1S/C16H11BrN2OS2/c1-8-6-11-14(13(17)9(8)2)18-16-19(11)15(20)12(22-16)7-10-4-3-5-21-10/h3-7H,1-2H3/b12-7+. The Balaban J connectivity index is 2.11. The van der Waals surface area contributed by atoms with E-state index in [9.17, 15) is 4.79 Å². The van der Waals surface area contributed by atoms with E-state index in [1.165, 1.54) is 11.3 Å². The molecule has 3 nitrogen and oxygen atoms in total. The summed E-state index contributed by atoms with van der Waals surface area (Å²) in [5.41, 5.74) is 4.05. The van der Waals surface area contributed by atoms with Crippen LogP contribution >= 0.6 is 38.6 Å². The van der Waals surface area contributed by atoms with E-state index in [-0.39, 0.29) is 5.56 Å². The largest absolute Gasteiger partial charge is 0.274 e. The van der Waals surface area contributed by atoms with Gasteiger partial charge in [0.25, 0.3) is 5.56 Å². The van der Waals surface area contributed by atoms with Gasteiger partial charge in [-0.05, 0) is 64.5 Å². The van der Waals surface area contributed by atoms with Crippen LogP contribution in [0, 0.1) is 13.8 Å². The number of halogens is 1. The van der Waals surface area contributed by atoms with Crippen molar-refractivity contribution >= 4 is 60.7 Å². The normalized spacial score (nSPS) is 12.8. The molecule has 0 bridgehead atoms. The fourth-order valence-corrected chi connectivity index (χ4v) is 4.79. The molecular weight excluding hydrogens is 380 g/mol. The molecular formula is C16H11BrN2OS2. The van der Waals surface area contributed by atoms with Gasteiger partial charge in [-0.1, -0.05) is 17.4 Å². The lowest BCUT2D eigenvalue weighted by Crippen LogP contribution is -2.22. The van der Waals surface area contributed by atoms with Crippen molar-refractivity contribution < 1.29 is 0 Å². The number of fused-ring (bicyclic) bond motifs is 3. The Hall–Kier alpha value is -1.50. The smallest absolute Gasteiger partial charge is 0.267 e. The molecule has 0 aliphatic rings. The van der Waals surface area contributed by atoms with Crippen LogP contribution in [-0.4, -0.2) is 9.38 Å². The first kappa shape index (κ1) is 14.1. The average molecular weight is 391 g/mol. The highest BCUT2D eigenvalue weighted by Gasteiger charge is 2.15. The quantitative estimate of drug-likeness (QED) is 0.493. The number of imidazole rings is 1. The van der Waals surface area contributed by atoms with Gasteiger partial charge in [-0.25, -0.2) is 9.38 Å². The van der Waals surface area contributed by atoms with E-state index in [4.69, 9.17) is 0 Å². The molecule has 0 aliphatic carbocycles. The van der Waals surface area contributed by atoms with Crippen molar-refractivity contribution in [1.82, 2.24) is 9.38 Å². The summed E-state index contributed by atoms with van der Waals surface area (Å²) in [6.07, 6.45) is 1.94. The molecule has 0 aliphatic heterocycles. The molecule has 1 aromatic carbocycles. The van der Waals surface area contributed by atoms with Crippen LogP contribution in [0.1, 0.15) is 16.0 Å². The number of thiophene rings is 1. The number of hydrogen-bond donors (Lipinski definition) is 0. The summed E-state index contributed by atoms with van der Waals surface area (Å²) in [5.74, 6) is 0. The lowest BCUT2D eigenvalue weighted by atomic mass is 10.1. The van der Waals surface area contributed by atoms with E-state index in [0.717, 1.165) is 41.0 Å². The maximum Gasteiger partial charge on any atom is 0.274 e. The number of aromatic nitrogens is 2. The van der Waals surface area contributed by atoms with Gasteiger partial charge in [0.2, 0.25) is 0 Å². The first-order valence-electron chi connectivity index (χ1n) is 6.72. The Bertz CT molecular complexity index is 1120. The van der Waals surface area contributed by atoms with Crippen LogP contribution in [0.2, 0.25) is 0 Å². The molecule has 6 heteroatoms. The molecule has 0 unspecified atom stereocenters. The lowest BCUT2D eigenvalue weighted by Gasteiger charge is -2.03. The minimum Gasteiger partial charge on any atom is -0.267 e. The van der Waals surface area contributed by atoms with Gasteiger partial charge in [0, 0.05) is 9.35 Å². The molecule has 110 valence electrons. The molecule has 0 saturated heterocycles. The summed E-state index contributed by atoms with van der Waals surface area (Å²) in [4.78, 5) is 19.2. The number of nitrogens with zero attached hydrogens (tertiary/aromatic N) is 2. The number of hydrogen-bond acceptors (Lipinski definition) is 4. The van der Waals surface area contributed by atoms with Gasteiger partial charge in [-0.2, -0.15) is 0 Å². The van der Waals surface area contributed by atoms with Gasteiger partial charge < -0.3 is 0 Å². The number of rotatable bonds is 1. The van der Waals surface area contributed by atoms with Crippen molar-refractivity contribution in [2.75, 3.05) is 0 Å². The summed E-state index contributed by atoms with van der Waals surface area (Å²) >= 11 is 6.67. The second kappa shape index (κ2) is 5.01. The van der Waals surface area contributed by atoms with Gasteiger partial charge in [0.05, 0.1) is 10.0 Å². The van der Waals surface area contributed by atoms with E-state index >= 15 is 0 Å².